The van der Waals surface area contributed by atoms with Crippen LogP contribution in [0.5, 0.6) is 0 Å². The lowest BCUT2D eigenvalue weighted by Crippen LogP contribution is -2.40. The highest BCUT2D eigenvalue weighted by molar-refractivity contribution is 6.30. The summed E-state index contributed by atoms with van der Waals surface area (Å²) in [6.45, 7) is -0.165. The minimum absolute atomic E-state index is 0.155. The maximum Gasteiger partial charge on any atom is 0.315 e. The van der Waals surface area contributed by atoms with Crippen LogP contribution >= 0.6 is 11.6 Å². The van der Waals surface area contributed by atoms with Crippen molar-refractivity contribution in [3.63, 3.8) is 0 Å². The van der Waals surface area contributed by atoms with Crippen LogP contribution in [0.3, 0.4) is 0 Å². The molecule has 23 heavy (non-hydrogen) atoms. The predicted octanol–water partition coefficient (Wildman–Crippen LogP) is 3.23. The molecule has 1 aliphatic rings. The molecule has 2 aromatic rings. The molecule has 120 valence electrons. The van der Waals surface area contributed by atoms with E-state index in [9.17, 15) is 9.90 Å². The number of carbonyl (C=O) groups is 1. The van der Waals surface area contributed by atoms with Gasteiger partial charge in [0.05, 0.1) is 12.6 Å². The quantitative estimate of drug-likeness (QED) is 0.788. The maximum atomic E-state index is 12.1. The zero-order chi connectivity index (χ0) is 16.2. The molecule has 4 nitrogen and oxygen atoms in total. The Labute approximate surface area is 140 Å². The van der Waals surface area contributed by atoms with Crippen LogP contribution in [0, 0.1) is 0 Å². The highest BCUT2D eigenvalue weighted by Crippen LogP contribution is 2.40. The van der Waals surface area contributed by atoms with Crippen molar-refractivity contribution in [3.05, 3.63) is 70.7 Å². The lowest BCUT2D eigenvalue weighted by atomic mass is 10.1. The summed E-state index contributed by atoms with van der Waals surface area (Å²) in [4.78, 5) is 12.1. The molecule has 0 aliphatic heterocycles. The Bertz CT molecular complexity index is 660. The first-order chi connectivity index (χ1) is 11.2. The number of nitrogens with one attached hydrogen (secondary N) is 2. The number of aliphatic hydroxyl groups excluding tert-OH is 1. The van der Waals surface area contributed by atoms with E-state index >= 15 is 0 Å². The normalized spacial score (nSPS) is 20.6. The number of hydrogen-bond donors (Lipinski definition) is 3. The number of carbonyl (C=O) groups excluding carboxylic acids is 1. The fourth-order valence-corrected chi connectivity index (χ4v) is 2.85. The molecular weight excluding hydrogens is 312 g/mol. The second-order valence-electron chi connectivity index (χ2n) is 5.76. The van der Waals surface area contributed by atoms with Gasteiger partial charge in [-0.2, -0.15) is 0 Å². The van der Waals surface area contributed by atoms with Crippen molar-refractivity contribution in [2.45, 2.75) is 24.4 Å². The summed E-state index contributed by atoms with van der Waals surface area (Å²) in [5, 5.41) is 15.9. The van der Waals surface area contributed by atoms with E-state index in [1.807, 2.05) is 18.2 Å². The van der Waals surface area contributed by atoms with E-state index in [4.69, 9.17) is 11.6 Å². The molecule has 0 radical (unpaired) electrons. The number of rotatable bonds is 5. The van der Waals surface area contributed by atoms with Gasteiger partial charge in [-0.1, -0.05) is 54.1 Å². The van der Waals surface area contributed by atoms with Gasteiger partial charge in [-0.25, -0.2) is 4.79 Å². The van der Waals surface area contributed by atoms with Gasteiger partial charge in [0, 0.05) is 17.0 Å². The Balaban J connectivity index is 1.54. The van der Waals surface area contributed by atoms with Gasteiger partial charge in [0.2, 0.25) is 0 Å². The minimum Gasteiger partial charge on any atom is -0.394 e. The third kappa shape index (κ3) is 4.03. The standard InChI is InChI=1S/C18H19ClN2O2/c19-14-8-6-13(7-9-14)17(11-22)21-18(23)20-16-10-15(16)12-4-2-1-3-5-12/h1-9,15-17,22H,10-11H2,(H2,20,21,23). The molecule has 3 unspecified atom stereocenters. The fraction of sp³-hybridized carbons (Fsp3) is 0.278. The molecule has 3 rings (SSSR count). The Hall–Kier alpha value is -2.04. The molecule has 0 saturated heterocycles. The van der Waals surface area contributed by atoms with Crippen molar-refractivity contribution >= 4 is 17.6 Å². The summed E-state index contributed by atoms with van der Waals surface area (Å²) in [5.41, 5.74) is 2.07. The van der Waals surface area contributed by atoms with Crippen LogP contribution in [-0.4, -0.2) is 23.8 Å². The van der Waals surface area contributed by atoms with Crippen molar-refractivity contribution in [2.24, 2.45) is 0 Å². The molecule has 0 spiro atoms. The highest BCUT2D eigenvalue weighted by atomic mass is 35.5. The van der Waals surface area contributed by atoms with Crippen molar-refractivity contribution < 1.29 is 9.90 Å². The van der Waals surface area contributed by atoms with Gasteiger partial charge in [0.25, 0.3) is 0 Å². The number of urea groups is 1. The molecule has 5 heteroatoms. The molecule has 2 aromatic carbocycles. The summed E-state index contributed by atoms with van der Waals surface area (Å²) in [6, 6.07) is 16.7. The largest absolute Gasteiger partial charge is 0.394 e. The number of benzene rings is 2. The smallest absolute Gasteiger partial charge is 0.315 e. The number of halogens is 1. The van der Waals surface area contributed by atoms with Gasteiger partial charge in [0.1, 0.15) is 0 Å². The molecule has 1 fully saturated rings. The predicted molar refractivity (Wildman–Crippen MR) is 90.5 cm³/mol. The van der Waals surface area contributed by atoms with Gasteiger partial charge in [-0.05, 0) is 29.7 Å². The summed E-state index contributed by atoms with van der Waals surface area (Å²) >= 11 is 5.85. The fourth-order valence-electron chi connectivity index (χ4n) is 2.72. The van der Waals surface area contributed by atoms with E-state index in [-0.39, 0.29) is 18.7 Å². The molecule has 1 saturated carbocycles. The first kappa shape index (κ1) is 15.8. The minimum atomic E-state index is -0.443. The van der Waals surface area contributed by atoms with Gasteiger partial charge in [-0.3, -0.25) is 0 Å². The van der Waals surface area contributed by atoms with Gasteiger partial charge < -0.3 is 15.7 Å². The Morgan fingerprint density at radius 3 is 2.52 bits per heavy atom. The monoisotopic (exact) mass is 330 g/mol. The highest BCUT2D eigenvalue weighted by Gasteiger charge is 2.39. The average molecular weight is 331 g/mol. The summed E-state index contributed by atoms with van der Waals surface area (Å²) in [6.07, 6.45) is 0.947. The topological polar surface area (TPSA) is 61.4 Å². The third-order valence-electron chi connectivity index (χ3n) is 4.09. The van der Waals surface area contributed by atoms with Crippen LogP contribution in [0.25, 0.3) is 0 Å². The van der Waals surface area contributed by atoms with Gasteiger partial charge in [0.15, 0.2) is 0 Å². The van der Waals surface area contributed by atoms with Crippen LogP contribution < -0.4 is 10.6 Å². The number of amides is 2. The summed E-state index contributed by atoms with van der Waals surface area (Å²) in [5.74, 6) is 0.380. The van der Waals surface area contributed by atoms with Crippen molar-refractivity contribution in [1.29, 1.82) is 0 Å². The van der Waals surface area contributed by atoms with Crippen LogP contribution in [0.2, 0.25) is 5.02 Å². The van der Waals surface area contributed by atoms with E-state index in [1.54, 1.807) is 24.3 Å². The van der Waals surface area contributed by atoms with Crippen molar-refractivity contribution in [1.82, 2.24) is 10.6 Å². The molecule has 0 aromatic heterocycles. The second kappa shape index (κ2) is 7.02. The zero-order valence-electron chi connectivity index (χ0n) is 12.6. The number of hydrogen-bond acceptors (Lipinski definition) is 2. The molecule has 1 aliphatic carbocycles. The van der Waals surface area contributed by atoms with E-state index < -0.39 is 6.04 Å². The molecule has 2 amide bonds. The Morgan fingerprint density at radius 2 is 1.87 bits per heavy atom. The van der Waals surface area contributed by atoms with Crippen molar-refractivity contribution in [3.8, 4) is 0 Å². The molecule has 3 atom stereocenters. The Morgan fingerprint density at radius 1 is 1.17 bits per heavy atom. The van der Waals surface area contributed by atoms with Crippen molar-refractivity contribution in [2.75, 3.05) is 6.61 Å². The maximum absolute atomic E-state index is 12.1. The van der Waals surface area contributed by atoms with Crippen LogP contribution in [0.4, 0.5) is 4.79 Å². The van der Waals surface area contributed by atoms with E-state index in [0.29, 0.717) is 10.9 Å². The first-order valence-corrected chi connectivity index (χ1v) is 8.03. The van der Waals surface area contributed by atoms with E-state index in [2.05, 4.69) is 22.8 Å². The third-order valence-corrected chi connectivity index (χ3v) is 4.35. The van der Waals surface area contributed by atoms with Gasteiger partial charge in [-0.15, -0.1) is 0 Å². The Kier molecular flexibility index (Phi) is 4.84. The van der Waals surface area contributed by atoms with Crippen LogP contribution in [-0.2, 0) is 0 Å². The first-order valence-electron chi connectivity index (χ1n) is 7.65. The summed E-state index contributed by atoms with van der Waals surface area (Å²) < 4.78 is 0. The lowest BCUT2D eigenvalue weighted by Gasteiger charge is -2.17. The molecule has 0 bridgehead atoms. The molecule has 0 heterocycles. The van der Waals surface area contributed by atoms with Crippen LogP contribution in [0.15, 0.2) is 54.6 Å². The second-order valence-corrected chi connectivity index (χ2v) is 6.20. The van der Waals surface area contributed by atoms with E-state index in [0.717, 1.165) is 12.0 Å². The lowest BCUT2D eigenvalue weighted by molar-refractivity contribution is 0.216. The van der Waals surface area contributed by atoms with Crippen LogP contribution in [0.1, 0.15) is 29.5 Å². The molecular formula is C18H19ClN2O2. The summed E-state index contributed by atoms with van der Waals surface area (Å²) in [7, 11) is 0. The van der Waals surface area contributed by atoms with Gasteiger partial charge >= 0.3 is 6.03 Å². The average Bonchev–Trinajstić information content (AvgIpc) is 3.33. The number of aliphatic hydroxyl groups is 1. The molecule has 3 N–H and O–H groups in total. The van der Waals surface area contributed by atoms with E-state index in [1.165, 1.54) is 5.56 Å². The SMILES string of the molecule is O=C(NC(CO)c1ccc(Cl)cc1)NC1CC1c1ccccc1. The zero-order valence-corrected chi connectivity index (χ0v) is 13.3.